The maximum atomic E-state index is 12.3. The lowest BCUT2D eigenvalue weighted by atomic mass is 10.3. The summed E-state index contributed by atoms with van der Waals surface area (Å²) in [6.45, 7) is 2.29. The topological polar surface area (TPSA) is 46.8 Å². The zero-order valence-electron chi connectivity index (χ0n) is 9.97. The van der Waals surface area contributed by atoms with Gasteiger partial charge in [-0.15, -0.1) is 0 Å². The minimum Gasteiger partial charge on any atom is -0.378 e. The largest absolute Gasteiger partial charge is 0.378 e. The predicted octanol–water partition coefficient (Wildman–Crippen LogP) is 2.11. The van der Waals surface area contributed by atoms with Crippen molar-refractivity contribution in [2.24, 2.45) is 0 Å². The van der Waals surface area contributed by atoms with E-state index in [1.54, 1.807) is 27.8 Å². The summed E-state index contributed by atoms with van der Waals surface area (Å²) in [5, 5.41) is 0.925. The van der Waals surface area contributed by atoms with Crippen LogP contribution in [0.4, 0.5) is 0 Å². The van der Waals surface area contributed by atoms with Gasteiger partial charge in [0.15, 0.2) is 5.65 Å². The Bertz CT molecular complexity index is 635. The highest BCUT2D eigenvalue weighted by Crippen LogP contribution is 2.22. The molecule has 1 aliphatic heterocycles. The molecule has 0 spiro atoms. The second kappa shape index (κ2) is 5.00. The second-order valence-corrected chi connectivity index (χ2v) is 5.11. The molecule has 0 radical (unpaired) electrons. The van der Waals surface area contributed by atoms with Gasteiger partial charge in [0.05, 0.1) is 23.3 Å². The highest BCUT2D eigenvalue weighted by atomic mass is 35.5. The number of pyridine rings is 1. The first-order chi connectivity index (χ1) is 9.15. The molecule has 1 amide bonds. The molecule has 0 unspecified atom stereocenters. The third-order valence-electron chi connectivity index (χ3n) is 2.99. The van der Waals surface area contributed by atoms with Crippen molar-refractivity contribution in [2.75, 3.05) is 26.3 Å². The molecular formula is C12H11Cl2N3O2. The van der Waals surface area contributed by atoms with Crippen LogP contribution in [0.15, 0.2) is 18.5 Å². The number of hydrogen-bond acceptors (Lipinski definition) is 3. The van der Waals surface area contributed by atoms with Gasteiger partial charge >= 0.3 is 0 Å². The number of hydrogen-bond donors (Lipinski definition) is 0. The maximum absolute atomic E-state index is 12.3. The Labute approximate surface area is 119 Å². The Morgan fingerprint density at radius 3 is 2.74 bits per heavy atom. The summed E-state index contributed by atoms with van der Waals surface area (Å²) in [4.78, 5) is 18.3. The van der Waals surface area contributed by atoms with Crippen molar-refractivity contribution in [1.29, 1.82) is 0 Å². The standard InChI is InChI=1S/C12H11Cl2N3O2/c13-8-5-9(14)11-15-10(7-17(11)6-8)12(18)16-1-3-19-4-2-16/h5-7H,1-4H2. The van der Waals surface area contributed by atoms with Gasteiger partial charge in [-0.05, 0) is 6.07 Å². The lowest BCUT2D eigenvalue weighted by Crippen LogP contribution is -2.40. The Morgan fingerprint density at radius 1 is 1.26 bits per heavy atom. The highest BCUT2D eigenvalue weighted by Gasteiger charge is 2.21. The summed E-state index contributed by atoms with van der Waals surface area (Å²) >= 11 is 12.0. The minimum absolute atomic E-state index is 0.112. The van der Waals surface area contributed by atoms with Crippen molar-refractivity contribution in [1.82, 2.24) is 14.3 Å². The number of carbonyl (C=O) groups excluding carboxylic acids is 1. The van der Waals surface area contributed by atoms with E-state index in [1.165, 1.54) is 0 Å². The Hall–Kier alpha value is -1.30. The van der Waals surface area contributed by atoms with Crippen LogP contribution in [0.3, 0.4) is 0 Å². The molecule has 0 bridgehead atoms. The zero-order chi connectivity index (χ0) is 13.4. The second-order valence-electron chi connectivity index (χ2n) is 4.27. The molecule has 19 heavy (non-hydrogen) atoms. The number of aromatic nitrogens is 2. The summed E-state index contributed by atoms with van der Waals surface area (Å²) in [6.07, 6.45) is 3.32. The molecule has 0 atom stereocenters. The van der Waals surface area contributed by atoms with E-state index in [9.17, 15) is 4.79 Å². The fourth-order valence-electron chi connectivity index (χ4n) is 2.06. The van der Waals surface area contributed by atoms with Gasteiger partial charge in [0.2, 0.25) is 0 Å². The van der Waals surface area contributed by atoms with Crippen molar-refractivity contribution in [2.45, 2.75) is 0 Å². The van der Waals surface area contributed by atoms with Crippen LogP contribution in [0.5, 0.6) is 0 Å². The molecule has 2 aromatic heterocycles. The Morgan fingerprint density at radius 2 is 2.00 bits per heavy atom. The molecule has 1 fully saturated rings. The van der Waals surface area contributed by atoms with Crippen LogP contribution in [-0.2, 0) is 4.74 Å². The summed E-state index contributed by atoms with van der Waals surface area (Å²) in [5.41, 5.74) is 0.897. The Kier molecular flexibility index (Phi) is 3.35. The van der Waals surface area contributed by atoms with Crippen LogP contribution < -0.4 is 0 Å². The van der Waals surface area contributed by atoms with Crippen LogP contribution in [0.2, 0.25) is 10.0 Å². The molecule has 100 valence electrons. The average molecular weight is 300 g/mol. The fourth-order valence-corrected chi connectivity index (χ4v) is 2.58. The van der Waals surface area contributed by atoms with Crippen LogP contribution in [0.1, 0.15) is 10.5 Å². The van der Waals surface area contributed by atoms with Gasteiger partial charge in [-0.3, -0.25) is 4.79 Å². The first-order valence-corrected chi connectivity index (χ1v) is 6.61. The number of ether oxygens (including phenoxy) is 1. The molecule has 0 aromatic carbocycles. The third-order valence-corrected chi connectivity index (χ3v) is 3.48. The molecule has 1 aliphatic rings. The van der Waals surface area contributed by atoms with E-state index in [0.717, 1.165) is 0 Å². The maximum Gasteiger partial charge on any atom is 0.274 e. The normalized spacial score (nSPS) is 16.0. The number of imidazole rings is 1. The first-order valence-electron chi connectivity index (χ1n) is 5.86. The smallest absolute Gasteiger partial charge is 0.274 e. The van der Waals surface area contributed by atoms with E-state index in [-0.39, 0.29) is 5.91 Å². The summed E-state index contributed by atoms with van der Waals surface area (Å²) in [5.74, 6) is -0.112. The number of fused-ring (bicyclic) bond motifs is 1. The summed E-state index contributed by atoms with van der Waals surface area (Å²) < 4.78 is 6.89. The van der Waals surface area contributed by atoms with Gasteiger partial charge in [0, 0.05) is 25.5 Å². The van der Waals surface area contributed by atoms with E-state index in [1.807, 2.05) is 0 Å². The SMILES string of the molecule is O=C(c1cn2cc(Cl)cc(Cl)c2n1)N1CCOCC1. The molecule has 0 saturated carbocycles. The molecule has 5 nitrogen and oxygen atoms in total. The zero-order valence-corrected chi connectivity index (χ0v) is 11.5. The lowest BCUT2D eigenvalue weighted by Gasteiger charge is -2.25. The molecule has 1 saturated heterocycles. The van der Waals surface area contributed by atoms with E-state index in [0.29, 0.717) is 47.7 Å². The first kappa shape index (κ1) is 12.7. The van der Waals surface area contributed by atoms with E-state index in [4.69, 9.17) is 27.9 Å². The average Bonchev–Trinajstić information content (AvgIpc) is 2.83. The van der Waals surface area contributed by atoms with Crippen LogP contribution in [-0.4, -0.2) is 46.5 Å². The number of carbonyl (C=O) groups is 1. The van der Waals surface area contributed by atoms with Crippen molar-refractivity contribution < 1.29 is 9.53 Å². The number of rotatable bonds is 1. The number of halogens is 2. The number of amides is 1. The van der Waals surface area contributed by atoms with Gasteiger partial charge in [0.25, 0.3) is 5.91 Å². The lowest BCUT2D eigenvalue weighted by molar-refractivity contribution is 0.0299. The van der Waals surface area contributed by atoms with Gasteiger partial charge < -0.3 is 14.0 Å². The van der Waals surface area contributed by atoms with Crippen LogP contribution in [0.25, 0.3) is 5.65 Å². The molecule has 3 heterocycles. The Balaban J connectivity index is 1.96. The van der Waals surface area contributed by atoms with Crippen LogP contribution >= 0.6 is 23.2 Å². The summed E-state index contributed by atoms with van der Waals surface area (Å²) in [7, 11) is 0. The van der Waals surface area contributed by atoms with Gasteiger partial charge in [0.1, 0.15) is 5.69 Å². The van der Waals surface area contributed by atoms with Crippen molar-refractivity contribution in [3.05, 3.63) is 34.2 Å². The van der Waals surface area contributed by atoms with E-state index >= 15 is 0 Å². The van der Waals surface area contributed by atoms with Crippen molar-refractivity contribution in [3.8, 4) is 0 Å². The molecule has 0 N–H and O–H groups in total. The van der Waals surface area contributed by atoms with Crippen LogP contribution in [0, 0.1) is 0 Å². The van der Waals surface area contributed by atoms with E-state index in [2.05, 4.69) is 4.98 Å². The fraction of sp³-hybridized carbons (Fsp3) is 0.333. The molecule has 7 heteroatoms. The highest BCUT2D eigenvalue weighted by molar-refractivity contribution is 6.36. The minimum atomic E-state index is -0.112. The van der Waals surface area contributed by atoms with E-state index < -0.39 is 0 Å². The number of morpholine rings is 1. The molecule has 3 rings (SSSR count). The quantitative estimate of drug-likeness (QED) is 0.810. The predicted molar refractivity (Wildman–Crippen MR) is 71.9 cm³/mol. The van der Waals surface area contributed by atoms with Crippen molar-refractivity contribution >= 4 is 34.8 Å². The molecule has 2 aromatic rings. The van der Waals surface area contributed by atoms with Gasteiger partial charge in [-0.25, -0.2) is 4.98 Å². The van der Waals surface area contributed by atoms with Crippen molar-refractivity contribution in [3.63, 3.8) is 0 Å². The molecular weight excluding hydrogens is 289 g/mol. The molecule has 0 aliphatic carbocycles. The van der Waals surface area contributed by atoms with Gasteiger partial charge in [-0.1, -0.05) is 23.2 Å². The monoisotopic (exact) mass is 299 g/mol. The van der Waals surface area contributed by atoms with Gasteiger partial charge in [-0.2, -0.15) is 0 Å². The number of nitrogens with zero attached hydrogens (tertiary/aromatic N) is 3. The summed E-state index contributed by atoms with van der Waals surface area (Å²) in [6, 6.07) is 1.61. The third kappa shape index (κ3) is 2.41.